The van der Waals surface area contributed by atoms with Gasteiger partial charge in [-0.3, -0.25) is 0 Å². The number of aliphatic hydroxyl groups excluding tert-OH is 23. The summed E-state index contributed by atoms with van der Waals surface area (Å²) in [5.74, 6) is -14.9. The van der Waals surface area contributed by atoms with E-state index in [0.717, 1.165) is 0 Å². The smallest absolute Gasteiger partial charge is 0.218 e. The van der Waals surface area contributed by atoms with Gasteiger partial charge in [0.1, 0.15) is 42.4 Å². The van der Waals surface area contributed by atoms with Crippen LogP contribution in [-0.4, -0.2) is 244 Å². The molecule has 0 fully saturated rings. The quantitative estimate of drug-likeness (QED) is 0.0920. The van der Waals surface area contributed by atoms with Crippen LogP contribution in [0.3, 0.4) is 0 Å². The topological polar surface area (TPSA) is 547 Å². The van der Waals surface area contributed by atoms with Gasteiger partial charge in [0.15, 0.2) is 58.1 Å². The summed E-state index contributed by atoms with van der Waals surface area (Å²) in [4.78, 5) is 0. The van der Waals surface area contributed by atoms with Gasteiger partial charge in [-0.2, -0.15) is 0 Å². The number of ether oxygens (including phenoxy) is 6. The molecule has 386 valence electrons. The van der Waals surface area contributed by atoms with Gasteiger partial charge >= 0.3 is 0 Å². The SMILES string of the molecule is NCCC1OC(O)C(O)C(O)C(CCO)OC(O)/C(O)=C(/O)C(CCO)OC(O)/C(O)=C(/O)C(CCO)OC(O)/C(O)=C(/O)C(CCO)OC(O)/C(O)=C(/O)CC(CO)OC(O)/C(O)=C/1O. The molecule has 14 atom stereocenters. The molecule has 1 aliphatic rings. The van der Waals surface area contributed by atoms with Crippen molar-refractivity contribution in [2.24, 2.45) is 5.73 Å². The van der Waals surface area contributed by atoms with Crippen molar-refractivity contribution in [2.45, 2.75) is 125 Å². The molecular weight excluding hydrogens is 910 g/mol. The van der Waals surface area contributed by atoms with E-state index in [4.69, 9.17) is 34.2 Å². The maximum atomic E-state index is 10.8. The molecule has 66 heavy (non-hydrogen) atoms. The van der Waals surface area contributed by atoms with E-state index >= 15 is 0 Å². The molecule has 0 aromatic rings. The Morgan fingerprint density at radius 3 is 1.06 bits per heavy atom. The molecule has 0 aromatic carbocycles. The second-order valence-electron chi connectivity index (χ2n) is 14.0. The maximum absolute atomic E-state index is 10.8. The summed E-state index contributed by atoms with van der Waals surface area (Å²) >= 11 is 0. The van der Waals surface area contributed by atoms with Gasteiger partial charge in [-0.05, 0) is 19.4 Å². The molecular formula is C36H63NO29. The number of hydrogen-bond donors (Lipinski definition) is 24. The zero-order valence-corrected chi connectivity index (χ0v) is 34.9. The van der Waals surface area contributed by atoms with Gasteiger partial charge < -0.3 is 152 Å². The van der Waals surface area contributed by atoms with E-state index in [1.165, 1.54) is 0 Å². The van der Waals surface area contributed by atoms with Crippen LogP contribution in [-0.2, 0) is 28.4 Å². The van der Waals surface area contributed by atoms with Crippen LogP contribution < -0.4 is 5.73 Å². The molecule has 30 nitrogen and oxygen atoms in total. The molecule has 0 aromatic heterocycles. The molecule has 0 aliphatic carbocycles. The third-order valence-corrected chi connectivity index (χ3v) is 9.21. The van der Waals surface area contributed by atoms with E-state index in [1.54, 1.807) is 0 Å². The van der Waals surface area contributed by atoms with E-state index in [9.17, 15) is 117 Å². The summed E-state index contributed by atoms with van der Waals surface area (Å²) < 4.78 is 30.1. The minimum atomic E-state index is -2.79. The summed E-state index contributed by atoms with van der Waals surface area (Å²) in [5.41, 5.74) is 5.51. The predicted molar refractivity (Wildman–Crippen MR) is 211 cm³/mol. The average molecular weight is 974 g/mol. The molecule has 0 saturated carbocycles. The molecule has 25 N–H and O–H groups in total. The number of aliphatic hydroxyl groups is 23. The number of nitrogens with two attached hydrogens (primary N) is 1. The van der Waals surface area contributed by atoms with Crippen molar-refractivity contribution in [3.8, 4) is 0 Å². The van der Waals surface area contributed by atoms with Crippen molar-refractivity contribution in [3.05, 3.63) is 57.6 Å². The van der Waals surface area contributed by atoms with E-state index in [-0.39, 0.29) is 0 Å². The van der Waals surface area contributed by atoms with E-state index in [2.05, 4.69) is 0 Å². The first-order valence-corrected chi connectivity index (χ1v) is 19.7. The normalized spacial score (nSPS) is 39.3. The van der Waals surface area contributed by atoms with Crippen LogP contribution in [0.25, 0.3) is 0 Å². The van der Waals surface area contributed by atoms with Crippen LogP contribution in [0.15, 0.2) is 57.6 Å². The lowest BCUT2D eigenvalue weighted by atomic mass is 10.0. The average Bonchev–Trinajstić information content (AvgIpc) is 3.29. The molecule has 1 aliphatic heterocycles. The van der Waals surface area contributed by atoms with Gasteiger partial charge in [-0.1, -0.05) is 0 Å². The maximum Gasteiger partial charge on any atom is 0.218 e. The lowest BCUT2D eigenvalue weighted by Crippen LogP contribution is -2.49. The summed E-state index contributed by atoms with van der Waals surface area (Å²) in [6.07, 6.45) is -38.2. The third-order valence-electron chi connectivity index (χ3n) is 9.21. The first kappa shape index (κ1) is 59.9. The lowest BCUT2D eigenvalue weighted by Gasteiger charge is -2.32. The zero-order valence-electron chi connectivity index (χ0n) is 34.9. The Morgan fingerprint density at radius 2 is 0.712 bits per heavy atom. The van der Waals surface area contributed by atoms with Crippen molar-refractivity contribution in [1.29, 1.82) is 0 Å². The Balaban J connectivity index is 3.97. The van der Waals surface area contributed by atoms with Crippen molar-refractivity contribution in [1.82, 2.24) is 0 Å². The van der Waals surface area contributed by atoms with Gasteiger partial charge in [0.2, 0.25) is 31.5 Å². The van der Waals surface area contributed by atoms with Gasteiger partial charge in [-0.15, -0.1) is 0 Å². The molecule has 1 heterocycles. The molecule has 30 heteroatoms. The van der Waals surface area contributed by atoms with Crippen LogP contribution in [0.2, 0.25) is 0 Å². The fraction of sp³-hybridized carbons (Fsp3) is 0.722. The molecule has 14 unspecified atom stereocenters. The minimum Gasteiger partial charge on any atom is -0.509 e. The lowest BCUT2D eigenvalue weighted by molar-refractivity contribution is -0.239. The fourth-order valence-corrected chi connectivity index (χ4v) is 5.59. The van der Waals surface area contributed by atoms with E-state index in [1.807, 2.05) is 0 Å². The molecule has 0 radical (unpaired) electrons. The molecule has 0 amide bonds. The summed E-state index contributed by atoms with van der Waals surface area (Å²) in [5, 5.41) is 239. The predicted octanol–water partition coefficient (Wildman–Crippen LogP) is -5.16. The number of hydrogen-bond acceptors (Lipinski definition) is 30. The fourth-order valence-electron chi connectivity index (χ4n) is 5.59. The van der Waals surface area contributed by atoms with E-state index in [0.29, 0.717) is 0 Å². The minimum absolute atomic E-state index is 0.413. The highest BCUT2D eigenvalue weighted by molar-refractivity contribution is 5.13. The highest BCUT2D eigenvalue weighted by Crippen LogP contribution is 2.27. The van der Waals surface area contributed by atoms with Crippen molar-refractivity contribution >= 4 is 0 Å². The van der Waals surface area contributed by atoms with Crippen LogP contribution in [0.4, 0.5) is 0 Å². The highest BCUT2D eigenvalue weighted by atomic mass is 16.7. The van der Waals surface area contributed by atoms with Crippen LogP contribution in [0.1, 0.15) is 38.5 Å². The standard InChI is InChI=1S/C36H63NO29/c37-6-1-15-21(45)26(50)32(56)61-13(12-42)11-14(43)20(44)31(55)63-16(2-7-38)22(46)28(52)34(58)65-18(4-9-40)24(48)30(54)36(60)66-19(5-10-41)25(49)29(53)35(59)64-17(3-8-39)23(47)27(51)33(57)62-15/h13,15-19,23,27,31-36,38-60H,1-12,37H2/b20-14-,26-21+,28-22-,29-25-,30-24-. The first-order chi connectivity index (χ1) is 31.0. The summed E-state index contributed by atoms with van der Waals surface area (Å²) in [6, 6.07) is 0. The number of rotatable bonds is 11. The van der Waals surface area contributed by atoms with Gasteiger partial charge in [0.25, 0.3) is 0 Å². The van der Waals surface area contributed by atoms with Crippen molar-refractivity contribution in [3.63, 3.8) is 0 Å². The van der Waals surface area contributed by atoms with E-state index < -0.39 is 222 Å². The molecule has 0 spiro atoms. The zero-order chi connectivity index (χ0) is 50.6. The summed E-state index contributed by atoms with van der Waals surface area (Å²) in [6.45, 7) is -5.25. The second-order valence-corrected chi connectivity index (χ2v) is 14.0. The van der Waals surface area contributed by atoms with Gasteiger partial charge in [0.05, 0.1) is 18.8 Å². The second kappa shape index (κ2) is 29.6. The summed E-state index contributed by atoms with van der Waals surface area (Å²) in [7, 11) is 0. The Hall–Kier alpha value is -4.10. The molecule has 1 rings (SSSR count). The molecule has 0 saturated heterocycles. The Labute approximate surface area is 373 Å². The largest absolute Gasteiger partial charge is 0.509 e. The van der Waals surface area contributed by atoms with Crippen LogP contribution in [0.5, 0.6) is 0 Å². The molecule has 0 bridgehead atoms. The Kier molecular flexibility index (Phi) is 26.9. The van der Waals surface area contributed by atoms with Gasteiger partial charge in [0, 0.05) is 52.1 Å². The van der Waals surface area contributed by atoms with Gasteiger partial charge in [-0.25, -0.2) is 0 Å². The first-order valence-electron chi connectivity index (χ1n) is 19.7. The Bertz CT molecular complexity index is 1610. The Morgan fingerprint density at radius 1 is 0.379 bits per heavy atom. The van der Waals surface area contributed by atoms with Crippen molar-refractivity contribution in [2.75, 3.05) is 39.6 Å². The van der Waals surface area contributed by atoms with Crippen molar-refractivity contribution < 1.29 is 146 Å². The monoisotopic (exact) mass is 973 g/mol. The van der Waals surface area contributed by atoms with Crippen LogP contribution in [0, 0.1) is 0 Å². The van der Waals surface area contributed by atoms with Crippen LogP contribution >= 0.6 is 0 Å². The highest BCUT2D eigenvalue weighted by Gasteiger charge is 2.39. The third kappa shape index (κ3) is 17.5.